The van der Waals surface area contributed by atoms with Gasteiger partial charge in [0.05, 0.1) is 5.54 Å². The lowest BCUT2D eigenvalue weighted by Gasteiger charge is -2.55. The first kappa shape index (κ1) is 19.7. The second kappa shape index (κ2) is 7.47. The van der Waals surface area contributed by atoms with E-state index in [9.17, 15) is 9.18 Å². The number of hydrogen-bond acceptors (Lipinski definition) is 3. The number of carbonyl (C=O) groups is 1. The molecule has 3 aliphatic rings. The summed E-state index contributed by atoms with van der Waals surface area (Å²) < 4.78 is 15.6. The van der Waals surface area contributed by atoms with E-state index in [0.717, 1.165) is 37.9 Å². The minimum atomic E-state index is -0.327. The van der Waals surface area contributed by atoms with E-state index < -0.39 is 0 Å². The number of anilines is 1. The predicted molar refractivity (Wildman–Crippen MR) is 114 cm³/mol. The van der Waals surface area contributed by atoms with Crippen molar-refractivity contribution in [3.63, 3.8) is 0 Å². The zero-order valence-corrected chi connectivity index (χ0v) is 18.0. The van der Waals surface area contributed by atoms with Crippen LogP contribution in [0.1, 0.15) is 93.7 Å². The molecule has 1 spiro atoms. The fourth-order valence-corrected chi connectivity index (χ4v) is 6.09. The Bertz CT molecular complexity index is 929. The molecule has 5 nitrogen and oxygen atoms in total. The number of nitrogens with zero attached hydrogens (tertiary/aromatic N) is 4. The lowest BCUT2D eigenvalue weighted by Crippen LogP contribution is -2.61. The van der Waals surface area contributed by atoms with Crippen LogP contribution in [0.4, 0.5) is 10.3 Å². The molecule has 2 fully saturated rings. The monoisotopic (exact) mass is 410 g/mol. The Labute approximate surface area is 177 Å². The third kappa shape index (κ3) is 2.98. The first-order valence-corrected chi connectivity index (χ1v) is 11.6. The summed E-state index contributed by atoms with van der Waals surface area (Å²) in [7, 11) is 0. The van der Waals surface area contributed by atoms with Gasteiger partial charge < -0.3 is 0 Å². The normalized spacial score (nSPS) is 25.3. The maximum absolute atomic E-state index is 13.7. The van der Waals surface area contributed by atoms with Crippen LogP contribution in [-0.2, 0) is 5.54 Å². The minimum Gasteiger partial charge on any atom is -0.273 e. The molecular weight excluding hydrogens is 379 g/mol. The Balaban J connectivity index is 1.67. The number of benzene rings is 1. The molecule has 2 aliphatic carbocycles. The molecule has 1 aliphatic heterocycles. The molecule has 0 bridgehead atoms. The Morgan fingerprint density at radius 2 is 1.77 bits per heavy atom. The van der Waals surface area contributed by atoms with E-state index in [2.05, 4.69) is 18.5 Å². The van der Waals surface area contributed by atoms with Gasteiger partial charge in [0.15, 0.2) is 5.82 Å². The maximum atomic E-state index is 13.7. The largest absolute Gasteiger partial charge is 0.273 e. The predicted octanol–water partition coefficient (Wildman–Crippen LogP) is 5.42. The van der Waals surface area contributed by atoms with Crippen LogP contribution in [0.5, 0.6) is 0 Å². The number of fused-ring (bicyclic) bond motifs is 4. The zero-order valence-electron chi connectivity index (χ0n) is 18.0. The van der Waals surface area contributed by atoms with Crippen molar-refractivity contribution >= 4 is 11.9 Å². The molecule has 1 amide bonds. The van der Waals surface area contributed by atoms with Gasteiger partial charge in [-0.05, 0) is 49.9 Å². The average Bonchev–Trinajstić information content (AvgIpc) is 3.21. The van der Waals surface area contributed by atoms with Crippen LogP contribution in [0, 0.1) is 11.7 Å². The van der Waals surface area contributed by atoms with E-state index in [4.69, 9.17) is 10.1 Å². The number of amides is 1. The highest BCUT2D eigenvalue weighted by Crippen LogP contribution is 2.53. The molecule has 6 heteroatoms. The smallest absolute Gasteiger partial charge is 0.260 e. The van der Waals surface area contributed by atoms with Crippen molar-refractivity contribution in [2.24, 2.45) is 5.92 Å². The van der Waals surface area contributed by atoms with Gasteiger partial charge >= 0.3 is 0 Å². The number of carbonyl (C=O) groups excluding carboxylic acids is 1. The molecule has 2 heterocycles. The molecule has 2 unspecified atom stereocenters. The van der Waals surface area contributed by atoms with E-state index in [1.165, 1.54) is 37.8 Å². The Morgan fingerprint density at radius 3 is 2.47 bits per heavy atom. The van der Waals surface area contributed by atoms with E-state index in [1.54, 1.807) is 12.1 Å². The van der Waals surface area contributed by atoms with Crippen LogP contribution < -0.4 is 4.90 Å². The summed E-state index contributed by atoms with van der Waals surface area (Å²) in [6.07, 6.45) is 10.4. The topological polar surface area (TPSA) is 51.0 Å². The van der Waals surface area contributed by atoms with Crippen molar-refractivity contribution in [1.29, 1.82) is 0 Å². The fourth-order valence-electron chi connectivity index (χ4n) is 6.09. The van der Waals surface area contributed by atoms with E-state index in [-0.39, 0.29) is 29.2 Å². The molecule has 160 valence electrons. The standard InChI is InChI=1S/C24H31FN4O/c1-16(2)21-26-23-28(22(30)17-10-12-18(25)13-11-17)20-9-5-4-8-19(20)24(29(23)27-21)14-6-3-7-15-24/h10-13,16,19-20H,3-9,14-15H2,1-2H3. The first-order chi connectivity index (χ1) is 14.5. The van der Waals surface area contributed by atoms with Crippen molar-refractivity contribution in [3.8, 4) is 0 Å². The van der Waals surface area contributed by atoms with E-state index in [0.29, 0.717) is 17.4 Å². The van der Waals surface area contributed by atoms with Gasteiger partial charge in [-0.1, -0.05) is 46.0 Å². The average molecular weight is 411 g/mol. The molecule has 2 atom stereocenters. The van der Waals surface area contributed by atoms with Crippen molar-refractivity contribution in [3.05, 3.63) is 41.5 Å². The van der Waals surface area contributed by atoms with Crippen LogP contribution >= 0.6 is 0 Å². The zero-order chi connectivity index (χ0) is 20.9. The Kier molecular flexibility index (Phi) is 4.91. The van der Waals surface area contributed by atoms with Crippen molar-refractivity contribution in [2.45, 2.75) is 89.1 Å². The van der Waals surface area contributed by atoms with Crippen LogP contribution in [0.2, 0.25) is 0 Å². The molecule has 2 aromatic rings. The summed E-state index contributed by atoms with van der Waals surface area (Å²) in [5.41, 5.74) is 0.499. The number of hydrogen-bond donors (Lipinski definition) is 0. The lowest BCUT2D eigenvalue weighted by molar-refractivity contribution is 0.0310. The fraction of sp³-hybridized carbons (Fsp3) is 0.625. The van der Waals surface area contributed by atoms with Gasteiger partial charge in [0.2, 0.25) is 5.95 Å². The first-order valence-electron chi connectivity index (χ1n) is 11.6. The Hall–Kier alpha value is -2.24. The molecule has 5 rings (SSSR count). The highest BCUT2D eigenvalue weighted by atomic mass is 19.1. The molecule has 30 heavy (non-hydrogen) atoms. The minimum absolute atomic E-state index is 0.0155. The molecule has 0 saturated heterocycles. The van der Waals surface area contributed by atoms with Crippen molar-refractivity contribution in [2.75, 3.05) is 4.90 Å². The van der Waals surface area contributed by atoms with Crippen LogP contribution in [0.15, 0.2) is 24.3 Å². The molecule has 1 aromatic heterocycles. The quantitative estimate of drug-likeness (QED) is 0.664. The van der Waals surface area contributed by atoms with E-state index >= 15 is 0 Å². The second-order valence-electron chi connectivity index (χ2n) is 9.64. The van der Waals surface area contributed by atoms with Crippen LogP contribution in [-0.4, -0.2) is 26.7 Å². The summed E-state index contributed by atoms with van der Waals surface area (Å²) in [5.74, 6) is 1.72. The summed E-state index contributed by atoms with van der Waals surface area (Å²) in [6, 6.07) is 6.05. The highest BCUT2D eigenvalue weighted by molar-refractivity contribution is 6.05. The molecule has 0 radical (unpaired) electrons. The molecular formula is C24H31FN4O. The van der Waals surface area contributed by atoms with Crippen LogP contribution in [0.3, 0.4) is 0 Å². The highest BCUT2D eigenvalue weighted by Gasteiger charge is 2.55. The van der Waals surface area contributed by atoms with Crippen molar-refractivity contribution < 1.29 is 9.18 Å². The third-order valence-electron chi connectivity index (χ3n) is 7.54. The number of rotatable bonds is 2. The Morgan fingerprint density at radius 1 is 1.07 bits per heavy atom. The third-order valence-corrected chi connectivity index (χ3v) is 7.54. The van der Waals surface area contributed by atoms with Gasteiger partial charge in [-0.3, -0.25) is 9.69 Å². The van der Waals surface area contributed by atoms with Gasteiger partial charge in [-0.25, -0.2) is 9.07 Å². The van der Waals surface area contributed by atoms with E-state index in [1.807, 2.05) is 4.90 Å². The van der Waals surface area contributed by atoms with Crippen molar-refractivity contribution in [1.82, 2.24) is 14.8 Å². The van der Waals surface area contributed by atoms with Gasteiger partial charge in [0.25, 0.3) is 5.91 Å². The summed E-state index contributed by atoms with van der Waals surface area (Å²) >= 11 is 0. The molecule has 2 saturated carbocycles. The lowest BCUT2D eigenvalue weighted by atomic mass is 9.64. The number of aromatic nitrogens is 3. The second-order valence-corrected chi connectivity index (χ2v) is 9.64. The number of halogens is 1. The summed E-state index contributed by atoms with van der Waals surface area (Å²) in [4.78, 5) is 20.5. The molecule has 0 N–H and O–H groups in total. The summed E-state index contributed by atoms with van der Waals surface area (Å²) in [5, 5.41) is 5.01. The van der Waals surface area contributed by atoms with Gasteiger partial charge in [0.1, 0.15) is 5.82 Å². The summed E-state index contributed by atoms with van der Waals surface area (Å²) in [6.45, 7) is 4.21. The maximum Gasteiger partial charge on any atom is 0.260 e. The van der Waals surface area contributed by atoms with Gasteiger partial charge in [-0.2, -0.15) is 10.1 Å². The SMILES string of the molecule is CC(C)c1nc2n(n1)C1(CCCCC1)C1CCCCC1N2C(=O)c1ccc(F)cc1. The van der Waals surface area contributed by atoms with Crippen LogP contribution in [0.25, 0.3) is 0 Å². The van der Waals surface area contributed by atoms with Gasteiger partial charge in [0, 0.05) is 23.4 Å². The van der Waals surface area contributed by atoms with Gasteiger partial charge in [-0.15, -0.1) is 0 Å². The molecule has 1 aromatic carbocycles.